The topological polar surface area (TPSA) is 50.1 Å². The van der Waals surface area contributed by atoms with Crippen molar-refractivity contribution in [3.63, 3.8) is 0 Å². The summed E-state index contributed by atoms with van der Waals surface area (Å²) >= 11 is 0. The van der Waals surface area contributed by atoms with E-state index >= 15 is 0 Å². The maximum atomic E-state index is 11.3. The lowest BCUT2D eigenvalue weighted by atomic mass is 9.78. The van der Waals surface area contributed by atoms with Crippen LogP contribution in [0.1, 0.15) is 49.7 Å². The first-order chi connectivity index (χ1) is 10.2. The van der Waals surface area contributed by atoms with Gasteiger partial charge in [-0.05, 0) is 62.1 Å². The van der Waals surface area contributed by atoms with Crippen molar-refractivity contribution < 1.29 is 9.53 Å². The summed E-state index contributed by atoms with van der Waals surface area (Å²) < 4.78 is 4.89. The Labute approximate surface area is 126 Å². The summed E-state index contributed by atoms with van der Waals surface area (Å²) in [6.07, 6.45) is 8.01. The molecule has 0 unspecified atom stereocenters. The van der Waals surface area contributed by atoms with Crippen LogP contribution in [-0.2, 0) is 9.53 Å². The first-order valence-electron chi connectivity index (χ1n) is 7.58. The molecule has 0 N–H and O–H groups in total. The van der Waals surface area contributed by atoms with Crippen LogP contribution in [0, 0.1) is 17.2 Å². The summed E-state index contributed by atoms with van der Waals surface area (Å²) in [5.41, 5.74) is 2.03. The Morgan fingerprint density at radius 1 is 1.29 bits per heavy atom. The third-order valence-electron chi connectivity index (χ3n) is 4.07. The second-order valence-electron chi connectivity index (χ2n) is 5.46. The molecular formula is C18H21NO2. The van der Waals surface area contributed by atoms with Crippen LogP contribution >= 0.6 is 0 Å². The molecule has 21 heavy (non-hydrogen) atoms. The number of benzene rings is 1. The van der Waals surface area contributed by atoms with E-state index in [1.165, 1.54) is 5.56 Å². The zero-order valence-corrected chi connectivity index (χ0v) is 12.4. The summed E-state index contributed by atoms with van der Waals surface area (Å²) in [7, 11) is 0. The zero-order valence-electron chi connectivity index (χ0n) is 12.4. The minimum atomic E-state index is -0.244. The van der Waals surface area contributed by atoms with Crippen molar-refractivity contribution in [3.05, 3.63) is 47.5 Å². The summed E-state index contributed by atoms with van der Waals surface area (Å²) in [6.45, 7) is 2.24. The second-order valence-corrected chi connectivity index (χ2v) is 5.46. The molecule has 3 heteroatoms. The van der Waals surface area contributed by atoms with Gasteiger partial charge in [-0.15, -0.1) is 0 Å². The van der Waals surface area contributed by atoms with Crippen LogP contribution in [0.2, 0.25) is 0 Å². The highest BCUT2D eigenvalue weighted by Gasteiger charge is 2.21. The number of hydrogen-bond acceptors (Lipinski definition) is 3. The Bertz CT molecular complexity index is 531. The highest BCUT2D eigenvalue weighted by molar-refractivity contribution is 5.81. The van der Waals surface area contributed by atoms with E-state index in [0.29, 0.717) is 24.0 Å². The molecule has 1 aromatic rings. The number of carbonyl (C=O) groups excluding carboxylic acids is 1. The van der Waals surface area contributed by atoms with Gasteiger partial charge in [-0.1, -0.05) is 18.2 Å². The van der Waals surface area contributed by atoms with E-state index in [2.05, 4.69) is 18.2 Å². The van der Waals surface area contributed by atoms with Crippen molar-refractivity contribution in [1.29, 1.82) is 5.26 Å². The average molecular weight is 283 g/mol. The number of nitrogens with zero attached hydrogens (tertiary/aromatic N) is 1. The largest absolute Gasteiger partial charge is 0.463 e. The van der Waals surface area contributed by atoms with Crippen LogP contribution in [0.5, 0.6) is 0 Å². The molecule has 0 aromatic heterocycles. The fourth-order valence-corrected chi connectivity index (χ4v) is 2.88. The van der Waals surface area contributed by atoms with E-state index < -0.39 is 0 Å². The molecule has 0 amide bonds. The summed E-state index contributed by atoms with van der Waals surface area (Å²) in [6, 6.07) is 10.1. The lowest BCUT2D eigenvalue weighted by Crippen LogP contribution is -2.12. The van der Waals surface area contributed by atoms with Crippen LogP contribution in [0.25, 0.3) is 0 Å². The van der Waals surface area contributed by atoms with Crippen molar-refractivity contribution in [2.75, 3.05) is 6.61 Å². The Hall–Kier alpha value is -2.08. The Morgan fingerprint density at radius 3 is 2.52 bits per heavy atom. The number of ether oxygens (including phenoxy) is 1. The minimum absolute atomic E-state index is 0.244. The first-order valence-corrected chi connectivity index (χ1v) is 7.58. The predicted molar refractivity (Wildman–Crippen MR) is 81.6 cm³/mol. The Morgan fingerprint density at radius 2 is 1.95 bits per heavy atom. The fourth-order valence-electron chi connectivity index (χ4n) is 2.88. The minimum Gasteiger partial charge on any atom is -0.463 e. The molecule has 0 heterocycles. The Kier molecular flexibility index (Phi) is 5.57. The third-order valence-corrected chi connectivity index (χ3v) is 4.07. The molecule has 0 bridgehead atoms. The number of rotatable bonds is 4. The molecule has 0 radical (unpaired) electrons. The monoisotopic (exact) mass is 283 g/mol. The predicted octanol–water partition coefficient (Wildman–Crippen LogP) is 3.95. The highest BCUT2D eigenvalue weighted by Crippen LogP contribution is 2.36. The van der Waals surface area contributed by atoms with Gasteiger partial charge < -0.3 is 4.74 Å². The molecule has 0 atom stereocenters. The van der Waals surface area contributed by atoms with Gasteiger partial charge in [-0.3, -0.25) is 0 Å². The van der Waals surface area contributed by atoms with E-state index in [1.54, 1.807) is 6.08 Å². The lowest BCUT2D eigenvalue weighted by molar-refractivity contribution is -0.137. The lowest BCUT2D eigenvalue weighted by Gasteiger charge is -2.27. The van der Waals surface area contributed by atoms with Crippen LogP contribution in [0.15, 0.2) is 36.4 Å². The maximum Gasteiger partial charge on any atom is 0.330 e. The van der Waals surface area contributed by atoms with Gasteiger partial charge in [0.05, 0.1) is 18.2 Å². The van der Waals surface area contributed by atoms with Crippen molar-refractivity contribution in [2.45, 2.75) is 38.5 Å². The number of nitriles is 1. The van der Waals surface area contributed by atoms with Crippen molar-refractivity contribution in [3.8, 4) is 6.07 Å². The average Bonchev–Trinajstić information content (AvgIpc) is 2.54. The van der Waals surface area contributed by atoms with E-state index in [-0.39, 0.29) is 5.97 Å². The van der Waals surface area contributed by atoms with Gasteiger partial charge in [-0.25, -0.2) is 4.79 Å². The SMILES string of the molecule is CCOC(=O)C=CC1CCC(c2ccc(C#N)cc2)CC1. The van der Waals surface area contributed by atoms with Gasteiger partial charge in [0.25, 0.3) is 0 Å². The van der Waals surface area contributed by atoms with Crippen LogP contribution in [0.4, 0.5) is 0 Å². The van der Waals surface area contributed by atoms with E-state index in [4.69, 9.17) is 10.00 Å². The Balaban J connectivity index is 1.85. The standard InChI is InChI=1S/C18H21NO2/c1-2-21-18(20)12-7-14-3-8-16(9-4-14)17-10-5-15(13-19)6-11-17/h5-7,10-12,14,16H,2-4,8-9H2,1H3. The van der Waals surface area contributed by atoms with Gasteiger partial charge in [0.1, 0.15) is 0 Å². The smallest absolute Gasteiger partial charge is 0.330 e. The molecule has 0 saturated heterocycles. The third kappa shape index (κ3) is 4.46. The van der Waals surface area contributed by atoms with E-state index in [1.807, 2.05) is 25.1 Å². The number of carbonyl (C=O) groups is 1. The van der Waals surface area contributed by atoms with E-state index in [9.17, 15) is 4.79 Å². The molecule has 0 spiro atoms. The molecule has 110 valence electrons. The molecule has 1 fully saturated rings. The maximum absolute atomic E-state index is 11.3. The number of esters is 1. The summed E-state index contributed by atoms with van der Waals surface area (Å²) in [5.74, 6) is 0.806. The number of hydrogen-bond donors (Lipinski definition) is 0. The number of allylic oxidation sites excluding steroid dienone is 1. The zero-order chi connectivity index (χ0) is 15.1. The van der Waals surface area contributed by atoms with E-state index in [0.717, 1.165) is 25.7 Å². The van der Waals surface area contributed by atoms with Crippen LogP contribution in [0.3, 0.4) is 0 Å². The van der Waals surface area contributed by atoms with Crippen molar-refractivity contribution in [1.82, 2.24) is 0 Å². The normalized spacial score (nSPS) is 21.9. The van der Waals surface area contributed by atoms with Gasteiger partial charge in [0, 0.05) is 6.08 Å². The van der Waals surface area contributed by atoms with Crippen LogP contribution in [-0.4, -0.2) is 12.6 Å². The summed E-state index contributed by atoms with van der Waals surface area (Å²) in [4.78, 5) is 11.3. The van der Waals surface area contributed by atoms with Gasteiger partial charge in [-0.2, -0.15) is 5.26 Å². The summed E-state index contributed by atoms with van der Waals surface area (Å²) in [5, 5.41) is 8.82. The van der Waals surface area contributed by atoms with Gasteiger partial charge >= 0.3 is 5.97 Å². The van der Waals surface area contributed by atoms with Gasteiger partial charge in [0.15, 0.2) is 0 Å². The first kappa shape index (κ1) is 15.3. The van der Waals surface area contributed by atoms with Crippen molar-refractivity contribution >= 4 is 5.97 Å². The highest BCUT2D eigenvalue weighted by atomic mass is 16.5. The molecule has 1 aliphatic carbocycles. The molecule has 0 aliphatic heterocycles. The molecule has 1 aromatic carbocycles. The quantitative estimate of drug-likeness (QED) is 0.621. The van der Waals surface area contributed by atoms with Gasteiger partial charge in [0.2, 0.25) is 0 Å². The van der Waals surface area contributed by atoms with Crippen LogP contribution < -0.4 is 0 Å². The molecular weight excluding hydrogens is 262 g/mol. The molecule has 1 aliphatic rings. The molecule has 1 saturated carbocycles. The van der Waals surface area contributed by atoms with Crippen molar-refractivity contribution in [2.24, 2.45) is 5.92 Å². The molecule has 2 rings (SSSR count). The molecule has 3 nitrogen and oxygen atoms in total. The second kappa shape index (κ2) is 7.64. The fraction of sp³-hybridized carbons (Fsp3) is 0.444.